The van der Waals surface area contributed by atoms with E-state index in [1.54, 1.807) is 24.3 Å². The summed E-state index contributed by atoms with van der Waals surface area (Å²) in [5, 5.41) is 4.31. The Kier molecular flexibility index (Phi) is 6.05. The van der Waals surface area contributed by atoms with Gasteiger partial charge in [-0.3, -0.25) is 0 Å². The molecule has 0 radical (unpaired) electrons. The Labute approximate surface area is 130 Å². The van der Waals surface area contributed by atoms with Crippen LogP contribution in [0.2, 0.25) is 5.02 Å². The highest BCUT2D eigenvalue weighted by atomic mass is 35.5. The third-order valence-electron chi connectivity index (χ3n) is 3.87. The molecule has 5 heteroatoms. The molecule has 0 atom stereocenters. The van der Waals surface area contributed by atoms with Gasteiger partial charge in [-0.25, -0.2) is 4.79 Å². The number of nitrogens with two attached hydrogens (primary N) is 1. The number of benzene rings is 1. The fourth-order valence-electron chi connectivity index (χ4n) is 2.62. The number of halogens is 1. The van der Waals surface area contributed by atoms with Gasteiger partial charge in [0, 0.05) is 17.0 Å². The number of carbonyl (C=O) groups excluding carboxylic acids is 1. The molecule has 2 N–H and O–H groups in total. The van der Waals surface area contributed by atoms with Crippen molar-refractivity contribution in [1.29, 1.82) is 0 Å². The topological polar surface area (TPSA) is 64.7 Å². The van der Waals surface area contributed by atoms with Crippen molar-refractivity contribution in [2.75, 3.05) is 0 Å². The van der Waals surface area contributed by atoms with Crippen molar-refractivity contribution in [2.45, 2.75) is 44.9 Å². The molecule has 21 heavy (non-hydrogen) atoms. The number of carbonyl (C=O) groups is 1. The Hall–Kier alpha value is -1.55. The van der Waals surface area contributed by atoms with Gasteiger partial charge in [-0.15, -0.1) is 0 Å². The number of hydrogen-bond acceptors (Lipinski definition) is 3. The molecule has 1 aliphatic carbocycles. The first-order valence-corrected chi connectivity index (χ1v) is 7.82. The maximum absolute atomic E-state index is 11.7. The summed E-state index contributed by atoms with van der Waals surface area (Å²) < 4.78 is 0. The summed E-state index contributed by atoms with van der Waals surface area (Å²) in [7, 11) is 0. The molecule has 0 aromatic heterocycles. The number of nitrogens with zero attached hydrogens (tertiary/aromatic N) is 1. The van der Waals surface area contributed by atoms with Gasteiger partial charge in [0.15, 0.2) is 5.84 Å². The highest BCUT2D eigenvalue weighted by Gasteiger charge is 2.15. The summed E-state index contributed by atoms with van der Waals surface area (Å²) in [6, 6.07) is 6.89. The summed E-state index contributed by atoms with van der Waals surface area (Å²) in [6.45, 7) is 0. The minimum Gasteiger partial charge on any atom is -0.380 e. The minimum atomic E-state index is -0.322. The monoisotopic (exact) mass is 308 g/mol. The second-order valence-corrected chi connectivity index (χ2v) is 5.93. The molecule has 1 aromatic rings. The van der Waals surface area contributed by atoms with Gasteiger partial charge in [0.05, 0.1) is 0 Å². The van der Waals surface area contributed by atoms with Crippen LogP contribution in [-0.2, 0) is 9.63 Å². The van der Waals surface area contributed by atoms with Crippen LogP contribution in [0.25, 0.3) is 0 Å². The zero-order valence-corrected chi connectivity index (χ0v) is 12.8. The van der Waals surface area contributed by atoms with Gasteiger partial charge in [-0.05, 0) is 36.6 Å². The molecule has 0 amide bonds. The molecule has 1 aliphatic rings. The maximum atomic E-state index is 11.7. The molecule has 0 spiro atoms. The average molecular weight is 309 g/mol. The Morgan fingerprint density at radius 2 is 1.90 bits per heavy atom. The Morgan fingerprint density at radius 3 is 2.57 bits per heavy atom. The molecule has 0 unspecified atom stereocenters. The van der Waals surface area contributed by atoms with E-state index in [2.05, 4.69) is 5.16 Å². The third kappa shape index (κ3) is 5.38. The smallest absolute Gasteiger partial charge is 0.335 e. The van der Waals surface area contributed by atoms with Crippen molar-refractivity contribution < 1.29 is 9.63 Å². The largest absolute Gasteiger partial charge is 0.380 e. The van der Waals surface area contributed by atoms with Gasteiger partial charge in [0.1, 0.15) is 0 Å². The van der Waals surface area contributed by atoms with Crippen LogP contribution in [0.3, 0.4) is 0 Å². The number of amidine groups is 1. The lowest BCUT2D eigenvalue weighted by Crippen LogP contribution is -2.15. The van der Waals surface area contributed by atoms with Crippen molar-refractivity contribution in [2.24, 2.45) is 16.8 Å². The van der Waals surface area contributed by atoms with Crippen molar-refractivity contribution in [3.8, 4) is 0 Å². The molecular formula is C16H21ClN2O2. The molecule has 2 rings (SSSR count). The summed E-state index contributed by atoms with van der Waals surface area (Å²) in [6.07, 6.45) is 7.62. The van der Waals surface area contributed by atoms with Crippen LogP contribution in [0.1, 0.15) is 50.5 Å². The summed E-state index contributed by atoms with van der Waals surface area (Å²) in [5.74, 6) is 0.513. The Morgan fingerprint density at radius 1 is 1.24 bits per heavy atom. The van der Waals surface area contributed by atoms with E-state index in [0.29, 0.717) is 22.9 Å². The summed E-state index contributed by atoms with van der Waals surface area (Å²) in [5.41, 5.74) is 6.44. The maximum Gasteiger partial charge on any atom is 0.335 e. The van der Waals surface area contributed by atoms with E-state index in [1.807, 2.05) is 0 Å². The molecule has 1 fully saturated rings. The first kappa shape index (κ1) is 15.8. The summed E-state index contributed by atoms with van der Waals surface area (Å²) >= 11 is 5.79. The quantitative estimate of drug-likeness (QED) is 0.389. The van der Waals surface area contributed by atoms with Crippen LogP contribution in [0.4, 0.5) is 0 Å². The van der Waals surface area contributed by atoms with Crippen LogP contribution >= 0.6 is 11.6 Å². The molecular weight excluding hydrogens is 288 g/mol. The Bertz CT molecular complexity index is 494. The molecule has 1 saturated carbocycles. The van der Waals surface area contributed by atoms with Crippen LogP contribution < -0.4 is 5.73 Å². The number of oxime groups is 1. The lowest BCUT2D eigenvalue weighted by molar-refractivity contribution is -0.144. The number of rotatable bonds is 5. The predicted molar refractivity (Wildman–Crippen MR) is 84.1 cm³/mol. The molecule has 0 heterocycles. The fraction of sp³-hybridized carbons (Fsp3) is 0.500. The molecule has 0 aliphatic heterocycles. The fourth-order valence-corrected chi connectivity index (χ4v) is 2.74. The van der Waals surface area contributed by atoms with Crippen molar-refractivity contribution >= 4 is 23.4 Å². The van der Waals surface area contributed by atoms with E-state index < -0.39 is 0 Å². The van der Waals surface area contributed by atoms with E-state index in [9.17, 15) is 4.79 Å². The van der Waals surface area contributed by atoms with Gasteiger partial charge >= 0.3 is 5.97 Å². The first-order chi connectivity index (χ1) is 10.1. The molecule has 0 bridgehead atoms. The van der Waals surface area contributed by atoms with Crippen molar-refractivity contribution in [3.05, 3.63) is 34.9 Å². The normalized spacial score (nSPS) is 16.7. The molecule has 0 saturated heterocycles. The van der Waals surface area contributed by atoms with Crippen LogP contribution in [0, 0.1) is 5.92 Å². The van der Waals surface area contributed by atoms with E-state index in [-0.39, 0.29) is 11.8 Å². The highest BCUT2D eigenvalue weighted by molar-refractivity contribution is 6.30. The second kappa shape index (κ2) is 8.03. The van der Waals surface area contributed by atoms with E-state index in [1.165, 1.54) is 32.1 Å². The summed E-state index contributed by atoms with van der Waals surface area (Å²) in [4.78, 5) is 16.5. The molecule has 4 nitrogen and oxygen atoms in total. The molecule has 114 valence electrons. The zero-order chi connectivity index (χ0) is 15.1. The highest BCUT2D eigenvalue weighted by Crippen LogP contribution is 2.27. The Balaban J connectivity index is 1.76. The lowest BCUT2D eigenvalue weighted by Gasteiger charge is -2.20. The minimum absolute atomic E-state index is 0.178. The average Bonchev–Trinajstić information content (AvgIpc) is 2.52. The van der Waals surface area contributed by atoms with Crippen molar-refractivity contribution in [3.63, 3.8) is 0 Å². The van der Waals surface area contributed by atoms with Gasteiger partial charge in [-0.1, -0.05) is 48.9 Å². The molecule has 1 aromatic carbocycles. The van der Waals surface area contributed by atoms with E-state index in [0.717, 1.165) is 6.42 Å². The number of hydrogen-bond donors (Lipinski definition) is 1. The zero-order valence-electron chi connectivity index (χ0n) is 12.1. The van der Waals surface area contributed by atoms with Crippen LogP contribution in [0.5, 0.6) is 0 Å². The van der Waals surface area contributed by atoms with Gasteiger partial charge in [-0.2, -0.15) is 0 Å². The lowest BCUT2D eigenvalue weighted by atomic mass is 9.86. The van der Waals surface area contributed by atoms with Gasteiger partial charge < -0.3 is 10.6 Å². The van der Waals surface area contributed by atoms with Gasteiger partial charge in [0.2, 0.25) is 0 Å². The second-order valence-electron chi connectivity index (χ2n) is 5.49. The SMILES string of the molecule is NC(=NOC(=O)CCC1CCCCC1)c1ccc(Cl)cc1. The van der Waals surface area contributed by atoms with Crippen molar-refractivity contribution in [1.82, 2.24) is 0 Å². The van der Waals surface area contributed by atoms with Crippen LogP contribution in [-0.4, -0.2) is 11.8 Å². The predicted octanol–water partition coefficient (Wildman–Crippen LogP) is 3.86. The van der Waals surface area contributed by atoms with E-state index in [4.69, 9.17) is 22.2 Å². The third-order valence-corrected chi connectivity index (χ3v) is 4.12. The van der Waals surface area contributed by atoms with E-state index >= 15 is 0 Å². The standard InChI is InChI=1S/C16H21ClN2O2/c17-14-9-7-13(8-10-14)16(18)19-21-15(20)11-6-12-4-2-1-3-5-12/h7-10,12H,1-6,11H2,(H2,18,19). The van der Waals surface area contributed by atoms with Gasteiger partial charge in [0.25, 0.3) is 0 Å². The first-order valence-electron chi connectivity index (χ1n) is 7.44. The van der Waals surface area contributed by atoms with Crippen LogP contribution in [0.15, 0.2) is 29.4 Å².